The van der Waals surface area contributed by atoms with E-state index in [4.69, 9.17) is 0 Å². The van der Waals surface area contributed by atoms with Gasteiger partial charge in [-0.1, -0.05) is 0 Å². The molecule has 0 nitrogen and oxygen atoms in total. The molecule has 3 aliphatic rings. The molecule has 0 aromatic heterocycles. The third-order valence-electron chi connectivity index (χ3n) is 3.66. The Morgan fingerprint density at radius 1 is 0.400 bits per heavy atom. The van der Waals surface area contributed by atoms with E-state index in [1.807, 2.05) is 33.4 Å². The summed E-state index contributed by atoms with van der Waals surface area (Å²) >= 11 is 2.74. The molecule has 78 valence electrons. The maximum absolute atomic E-state index is 1.86. The summed E-state index contributed by atoms with van der Waals surface area (Å²) in [5.74, 6) is 0. The van der Waals surface area contributed by atoms with Crippen LogP contribution in [0.4, 0.5) is 0 Å². The van der Waals surface area contributed by atoms with Crippen molar-refractivity contribution < 1.29 is 0 Å². The second kappa shape index (κ2) is 3.64. The number of hydrogen-bond acceptors (Lipinski definition) is 0. The van der Waals surface area contributed by atoms with Crippen LogP contribution in [0.2, 0.25) is 0 Å². The van der Waals surface area contributed by atoms with E-state index >= 15 is 0 Å². The molecule has 0 radical (unpaired) electrons. The van der Waals surface area contributed by atoms with Crippen LogP contribution in [0.25, 0.3) is 0 Å². The van der Waals surface area contributed by atoms with E-state index < -0.39 is 0 Å². The van der Waals surface area contributed by atoms with Gasteiger partial charge >= 0.3 is 110 Å². The van der Waals surface area contributed by atoms with Gasteiger partial charge in [-0.15, -0.1) is 0 Å². The molecule has 0 spiro atoms. The van der Waals surface area contributed by atoms with Gasteiger partial charge in [-0.3, -0.25) is 0 Å². The minimum atomic E-state index is 0.913. The van der Waals surface area contributed by atoms with Crippen molar-refractivity contribution >= 4 is 44.9 Å². The van der Waals surface area contributed by atoms with Crippen molar-refractivity contribution in [1.29, 1.82) is 0 Å². The van der Waals surface area contributed by atoms with Crippen LogP contribution in [0.1, 0.15) is 33.4 Å². The fourth-order valence-electron chi connectivity index (χ4n) is 2.90. The van der Waals surface area contributed by atoms with Crippen molar-refractivity contribution in [2.24, 2.45) is 0 Å². The summed E-state index contributed by atoms with van der Waals surface area (Å²) in [5.41, 5.74) is 11.2. The van der Waals surface area contributed by atoms with E-state index in [2.05, 4.69) is 0 Å². The fourth-order valence-corrected chi connectivity index (χ4v) is 10.5. The molecular weight excluding hydrogens is 381 g/mol. The molecule has 1 aromatic carbocycles. The molecule has 0 aliphatic carbocycles. The zero-order chi connectivity index (χ0) is 9.83. The molecule has 0 saturated heterocycles. The quantitative estimate of drug-likeness (QED) is 0.574. The fraction of sp³-hybridized carbons (Fsp3) is 0.500. The third-order valence-corrected chi connectivity index (χ3v) is 9.87. The van der Waals surface area contributed by atoms with Crippen LogP contribution in [0, 0.1) is 0 Å². The molecule has 0 amide bonds. The van der Waals surface area contributed by atoms with Crippen molar-refractivity contribution in [2.45, 2.75) is 31.9 Å². The van der Waals surface area contributed by atoms with Gasteiger partial charge in [0.15, 0.2) is 0 Å². The van der Waals surface area contributed by atoms with Crippen LogP contribution in [-0.4, -0.2) is 44.9 Å². The average Bonchev–Trinajstić information content (AvgIpc) is 2.97. The van der Waals surface area contributed by atoms with E-state index in [1.165, 1.54) is 31.9 Å². The van der Waals surface area contributed by atoms with Gasteiger partial charge in [-0.25, -0.2) is 0 Å². The van der Waals surface area contributed by atoms with Crippen LogP contribution in [-0.2, 0) is 31.9 Å². The van der Waals surface area contributed by atoms with Gasteiger partial charge in [0.05, 0.1) is 0 Å². The second-order valence-corrected chi connectivity index (χ2v) is 10.6. The molecule has 1 aromatic rings. The molecular formula is C12H12Se3. The first-order chi connectivity index (χ1) is 7.45. The summed E-state index contributed by atoms with van der Waals surface area (Å²) in [6.07, 6.45) is 0. The Labute approximate surface area is 109 Å². The van der Waals surface area contributed by atoms with Gasteiger partial charge in [0, 0.05) is 0 Å². The van der Waals surface area contributed by atoms with Crippen LogP contribution >= 0.6 is 0 Å². The number of fused-ring (bicyclic) bond motifs is 6. The number of hydrogen-bond donors (Lipinski definition) is 0. The summed E-state index contributed by atoms with van der Waals surface area (Å²) < 4.78 is 0. The van der Waals surface area contributed by atoms with E-state index in [0.29, 0.717) is 0 Å². The van der Waals surface area contributed by atoms with Gasteiger partial charge in [-0.2, -0.15) is 0 Å². The zero-order valence-electron chi connectivity index (χ0n) is 8.47. The Bertz CT molecular complexity index is 325. The SMILES string of the molecule is C1[Se]Cc2c1c1c(c3c2C[Se]C3)C[Se]C1. The Kier molecular flexibility index (Phi) is 2.37. The van der Waals surface area contributed by atoms with Gasteiger partial charge in [-0.05, 0) is 0 Å². The van der Waals surface area contributed by atoms with Crippen LogP contribution in [0.15, 0.2) is 0 Å². The molecule has 0 N–H and O–H groups in total. The van der Waals surface area contributed by atoms with Crippen molar-refractivity contribution in [3.63, 3.8) is 0 Å². The second-order valence-electron chi connectivity index (χ2n) is 4.35. The molecule has 15 heavy (non-hydrogen) atoms. The summed E-state index contributed by atoms with van der Waals surface area (Å²) in [5, 5.41) is 8.84. The summed E-state index contributed by atoms with van der Waals surface area (Å²) in [6, 6.07) is 0. The molecule has 0 bridgehead atoms. The van der Waals surface area contributed by atoms with E-state index in [-0.39, 0.29) is 0 Å². The van der Waals surface area contributed by atoms with Crippen LogP contribution in [0.5, 0.6) is 0 Å². The molecule has 3 aliphatic heterocycles. The predicted molar refractivity (Wildman–Crippen MR) is 65.9 cm³/mol. The van der Waals surface area contributed by atoms with Crippen LogP contribution in [0.3, 0.4) is 0 Å². The first-order valence-corrected chi connectivity index (χ1v) is 12.6. The normalized spacial score (nSPS) is 21.6. The van der Waals surface area contributed by atoms with Crippen molar-refractivity contribution in [1.82, 2.24) is 0 Å². The summed E-state index contributed by atoms with van der Waals surface area (Å²) in [7, 11) is 0. The molecule has 3 heterocycles. The maximum atomic E-state index is 1.86. The van der Waals surface area contributed by atoms with E-state index in [1.54, 1.807) is 0 Å². The predicted octanol–water partition coefficient (Wildman–Crippen LogP) is 0.840. The van der Waals surface area contributed by atoms with E-state index in [0.717, 1.165) is 44.9 Å². The van der Waals surface area contributed by atoms with Gasteiger partial charge in [0.2, 0.25) is 0 Å². The summed E-state index contributed by atoms with van der Waals surface area (Å²) in [4.78, 5) is 0. The molecule has 4 rings (SSSR count). The molecule has 3 heteroatoms. The Morgan fingerprint density at radius 2 is 0.600 bits per heavy atom. The minimum absolute atomic E-state index is 0.913. The molecule has 0 fully saturated rings. The van der Waals surface area contributed by atoms with Crippen molar-refractivity contribution in [2.75, 3.05) is 0 Å². The third kappa shape index (κ3) is 1.32. The first-order valence-electron chi connectivity index (χ1n) is 5.35. The standard InChI is InChI=1S/C12H12Se3/c1-7-8(2-13-1)10-4-15-6-12(10)11-5-14-3-9(7)11/h1-6H2. The Hall–Kier alpha value is 0.778. The zero-order valence-corrected chi connectivity index (χ0v) is 13.6. The van der Waals surface area contributed by atoms with Crippen molar-refractivity contribution in [3.05, 3.63) is 33.4 Å². The summed E-state index contributed by atoms with van der Waals surface area (Å²) in [6.45, 7) is 0. The van der Waals surface area contributed by atoms with Gasteiger partial charge in [0.25, 0.3) is 0 Å². The van der Waals surface area contributed by atoms with E-state index in [9.17, 15) is 0 Å². The van der Waals surface area contributed by atoms with Crippen LogP contribution < -0.4 is 0 Å². The topological polar surface area (TPSA) is 0 Å². The average molecular weight is 393 g/mol. The Balaban J connectivity index is 2.08. The monoisotopic (exact) mass is 396 g/mol. The molecule has 0 saturated carbocycles. The Morgan fingerprint density at radius 3 is 0.800 bits per heavy atom. The molecule has 0 unspecified atom stereocenters. The van der Waals surface area contributed by atoms with Crippen molar-refractivity contribution in [3.8, 4) is 0 Å². The van der Waals surface area contributed by atoms with Gasteiger partial charge < -0.3 is 0 Å². The number of benzene rings is 1. The number of rotatable bonds is 0. The van der Waals surface area contributed by atoms with Gasteiger partial charge in [0.1, 0.15) is 0 Å². The molecule has 0 atom stereocenters. The first kappa shape index (κ1) is 9.77.